The molecule has 1 unspecified atom stereocenters. The van der Waals surface area contributed by atoms with Crippen LogP contribution in [0.1, 0.15) is 23.6 Å². The Morgan fingerprint density at radius 1 is 1.14 bits per heavy atom. The molecule has 2 nitrogen and oxygen atoms in total. The minimum atomic E-state index is 0.342. The zero-order valence-electron chi connectivity index (χ0n) is 12.9. The lowest BCUT2D eigenvalue weighted by Crippen LogP contribution is -2.25. The van der Waals surface area contributed by atoms with Gasteiger partial charge in [-0.3, -0.25) is 0 Å². The second-order valence-corrected chi connectivity index (χ2v) is 5.88. The number of anilines is 1. The van der Waals surface area contributed by atoms with E-state index in [1.165, 1.54) is 16.8 Å². The standard InChI is InChI=1S/C18H23ClN2/c1-14-5-4-6-17(13-14)21(3)12-11-18(20-2)15-7-9-16(19)10-8-15/h4-10,13,18,20H,11-12H2,1-3H3. The molecule has 1 N–H and O–H groups in total. The van der Waals surface area contributed by atoms with Gasteiger partial charge < -0.3 is 10.2 Å². The molecule has 2 rings (SSSR count). The van der Waals surface area contributed by atoms with E-state index < -0.39 is 0 Å². The van der Waals surface area contributed by atoms with E-state index in [2.05, 4.69) is 60.6 Å². The van der Waals surface area contributed by atoms with Gasteiger partial charge in [0.25, 0.3) is 0 Å². The van der Waals surface area contributed by atoms with Crippen LogP contribution in [0.25, 0.3) is 0 Å². The van der Waals surface area contributed by atoms with E-state index in [4.69, 9.17) is 11.6 Å². The van der Waals surface area contributed by atoms with Crippen molar-refractivity contribution in [2.24, 2.45) is 0 Å². The third-order valence-corrected chi connectivity index (χ3v) is 4.07. The lowest BCUT2D eigenvalue weighted by atomic mass is 10.0. The van der Waals surface area contributed by atoms with Crippen LogP contribution in [0.3, 0.4) is 0 Å². The second-order valence-electron chi connectivity index (χ2n) is 5.44. The summed E-state index contributed by atoms with van der Waals surface area (Å²) in [5.41, 5.74) is 3.84. The van der Waals surface area contributed by atoms with Gasteiger partial charge in [0.1, 0.15) is 0 Å². The molecule has 0 aliphatic carbocycles. The highest BCUT2D eigenvalue weighted by Gasteiger charge is 2.10. The van der Waals surface area contributed by atoms with Gasteiger partial charge in [-0.05, 0) is 55.8 Å². The molecule has 0 saturated heterocycles. The van der Waals surface area contributed by atoms with Crippen LogP contribution in [0.4, 0.5) is 5.69 Å². The molecule has 0 aliphatic heterocycles. The molecule has 1 atom stereocenters. The normalized spacial score (nSPS) is 12.2. The van der Waals surface area contributed by atoms with Gasteiger partial charge in [-0.25, -0.2) is 0 Å². The Morgan fingerprint density at radius 2 is 1.86 bits per heavy atom. The summed E-state index contributed by atoms with van der Waals surface area (Å²) in [6.07, 6.45) is 1.04. The maximum atomic E-state index is 5.95. The number of halogens is 1. The Bertz CT molecular complexity index is 566. The molecular weight excluding hydrogens is 280 g/mol. The van der Waals surface area contributed by atoms with Gasteiger partial charge in [0.05, 0.1) is 0 Å². The zero-order chi connectivity index (χ0) is 15.2. The number of benzene rings is 2. The third kappa shape index (κ3) is 4.48. The molecule has 0 radical (unpaired) electrons. The maximum Gasteiger partial charge on any atom is 0.0406 e. The predicted octanol–water partition coefficient (Wildman–Crippen LogP) is 4.44. The van der Waals surface area contributed by atoms with Crippen molar-refractivity contribution in [1.82, 2.24) is 5.32 Å². The van der Waals surface area contributed by atoms with Crippen LogP contribution in [-0.4, -0.2) is 20.6 Å². The van der Waals surface area contributed by atoms with Crippen LogP contribution in [0.2, 0.25) is 5.02 Å². The van der Waals surface area contributed by atoms with Gasteiger partial charge in [-0.2, -0.15) is 0 Å². The first-order valence-electron chi connectivity index (χ1n) is 7.30. The van der Waals surface area contributed by atoms with Crippen LogP contribution in [0.5, 0.6) is 0 Å². The summed E-state index contributed by atoms with van der Waals surface area (Å²) in [5.74, 6) is 0. The van der Waals surface area contributed by atoms with E-state index in [-0.39, 0.29) is 0 Å². The largest absolute Gasteiger partial charge is 0.375 e. The summed E-state index contributed by atoms with van der Waals surface area (Å²) in [6, 6.07) is 17.0. The van der Waals surface area contributed by atoms with Crippen molar-refractivity contribution in [3.05, 3.63) is 64.7 Å². The first-order valence-corrected chi connectivity index (χ1v) is 7.68. The van der Waals surface area contributed by atoms with Crippen molar-refractivity contribution in [2.75, 3.05) is 25.5 Å². The second kappa shape index (κ2) is 7.48. The summed E-state index contributed by atoms with van der Waals surface area (Å²) in [4.78, 5) is 2.30. The summed E-state index contributed by atoms with van der Waals surface area (Å²) < 4.78 is 0. The fraction of sp³-hybridized carbons (Fsp3) is 0.333. The molecule has 0 aliphatic rings. The van der Waals surface area contributed by atoms with E-state index in [1.54, 1.807) is 0 Å². The quantitative estimate of drug-likeness (QED) is 0.849. The van der Waals surface area contributed by atoms with Crippen molar-refractivity contribution in [3.63, 3.8) is 0 Å². The third-order valence-electron chi connectivity index (χ3n) is 3.82. The topological polar surface area (TPSA) is 15.3 Å². The molecular formula is C18H23ClN2. The molecule has 3 heteroatoms. The molecule has 21 heavy (non-hydrogen) atoms. The highest BCUT2D eigenvalue weighted by Crippen LogP contribution is 2.21. The van der Waals surface area contributed by atoms with E-state index in [9.17, 15) is 0 Å². The van der Waals surface area contributed by atoms with Crippen molar-refractivity contribution in [3.8, 4) is 0 Å². The molecule has 0 saturated carbocycles. The maximum absolute atomic E-state index is 5.95. The fourth-order valence-corrected chi connectivity index (χ4v) is 2.62. The van der Waals surface area contributed by atoms with Crippen LogP contribution < -0.4 is 10.2 Å². The smallest absolute Gasteiger partial charge is 0.0406 e. The fourth-order valence-electron chi connectivity index (χ4n) is 2.49. The molecule has 112 valence electrons. The van der Waals surface area contributed by atoms with Gasteiger partial charge in [-0.15, -0.1) is 0 Å². The van der Waals surface area contributed by atoms with Gasteiger partial charge >= 0.3 is 0 Å². The van der Waals surface area contributed by atoms with Gasteiger partial charge in [0.2, 0.25) is 0 Å². The number of rotatable bonds is 6. The Hall–Kier alpha value is -1.51. The van der Waals surface area contributed by atoms with Gasteiger partial charge in [0.15, 0.2) is 0 Å². The van der Waals surface area contributed by atoms with Crippen LogP contribution >= 0.6 is 11.6 Å². The Labute approximate surface area is 132 Å². The van der Waals surface area contributed by atoms with E-state index >= 15 is 0 Å². The number of aryl methyl sites for hydroxylation is 1. The minimum absolute atomic E-state index is 0.342. The van der Waals surface area contributed by atoms with Crippen molar-refractivity contribution in [2.45, 2.75) is 19.4 Å². The average molecular weight is 303 g/mol. The zero-order valence-corrected chi connectivity index (χ0v) is 13.7. The van der Waals surface area contributed by atoms with Gasteiger partial charge in [-0.1, -0.05) is 35.9 Å². The first-order chi connectivity index (χ1) is 10.1. The van der Waals surface area contributed by atoms with Gasteiger partial charge in [0, 0.05) is 30.3 Å². The lowest BCUT2D eigenvalue weighted by molar-refractivity contribution is 0.549. The monoisotopic (exact) mass is 302 g/mol. The van der Waals surface area contributed by atoms with Crippen molar-refractivity contribution >= 4 is 17.3 Å². The van der Waals surface area contributed by atoms with Crippen molar-refractivity contribution in [1.29, 1.82) is 0 Å². The molecule has 2 aromatic carbocycles. The molecule has 0 aromatic heterocycles. The Balaban J connectivity index is 1.98. The van der Waals surface area contributed by atoms with Crippen molar-refractivity contribution < 1.29 is 0 Å². The average Bonchev–Trinajstić information content (AvgIpc) is 2.49. The van der Waals surface area contributed by atoms with Crippen LogP contribution in [-0.2, 0) is 0 Å². The molecule has 0 bridgehead atoms. The number of nitrogens with zero attached hydrogens (tertiary/aromatic N) is 1. The molecule has 0 heterocycles. The molecule has 0 amide bonds. The van der Waals surface area contributed by atoms with E-state index in [1.807, 2.05) is 19.2 Å². The molecule has 0 spiro atoms. The lowest BCUT2D eigenvalue weighted by Gasteiger charge is -2.24. The highest BCUT2D eigenvalue weighted by molar-refractivity contribution is 6.30. The SMILES string of the molecule is CNC(CCN(C)c1cccc(C)c1)c1ccc(Cl)cc1. The van der Waals surface area contributed by atoms with E-state index in [0.717, 1.165) is 18.0 Å². The van der Waals surface area contributed by atoms with E-state index in [0.29, 0.717) is 6.04 Å². The first kappa shape index (κ1) is 15.9. The van der Waals surface area contributed by atoms with Crippen LogP contribution in [0, 0.1) is 6.92 Å². The summed E-state index contributed by atoms with van der Waals surface area (Å²) in [5, 5.41) is 4.17. The highest BCUT2D eigenvalue weighted by atomic mass is 35.5. The Morgan fingerprint density at radius 3 is 2.48 bits per heavy atom. The molecule has 0 fully saturated rings. The predicted molar refractivity (Wildman–Crippen MR) is 92.3 cm³/mol. The Kier molecular flexibility index (Phi) is 5.66. The summed E-state index contributed by atoms with van der Waals surface area (Å²) >= 11 is 5.95. The van der Waals surface area contributed by atoms with Crippen LogP contribution in [0.15, 0.2) is 48.5 Å². The number of hydrogen-bond acceptors (Lipinski definition) is 2. The summed E-state index contributed by atoms with van der Waals surface area (Å²) in [6.45, 7) is 3.12. The number of nitrogens with one attached hydrogen (secondary N) is 1. The summed E-state index contributed by atoms with van der Waals surface area (Å²) in [7, 11) is 4.15. The number of hydrogen-bond donors (Lipinski definition) is 1. The molecule has 2 aromatic rings. The minimum Gasteiger partial charge on any atom is -0.375 e.